The lowest BCUT2D eigenvalue weighted by molar-refractivity contribution is -0.870. The summed E-state index contributed by atoms with van der Waals surface area (Å²) in [5.41, 5.74) is 0.365. The van der Waals surface area contributed by atoms with Gasteiger partial charge in [-0.3, -0.25) is 0 Å². The summed E-state index contributed by atoms with van der Waals surface area (Å²) in [6.45, 7) is 2.88. The van der Waals surface area contributed by atoms with E-state index in [1.54, 1.807) is 13.0 Å². The van der Waals surface area contributed by atoms with Gasteiger partial charge in [0.05, 0.1) is 33.7 Å². The zero-order valence-electron chi connectivity index (χ0n) is 14.6. The first-order chi connectivity index (χ1) is 9.83. The fourth-order valence-corrected chi connectivity index (χ4v) is 2.37. The van der Waals surface area contributed by atoms with Crippen LogP contribution in [0, 0.1) is 0 Å². The van der Waals surface area contributed by atoms with Gasteiger partial charge in [-0.2, -0.15) is 0 Å². The number of nitrogens with zero attached hydrogens (tertiary/aromatic N) is 1. The molecule has 0 saturated carbocycles. The van der Waals surface area contributed by atoms with E-state index in [-0.39, 0.29) is 0 Å². The van der Waals surface area contributed by atoms with Gasteiger partial charge in [-0.05, 0) is 38.2 Å². The Morgan fingerprint density at radius 1 is 0.857 bits per heavy atom. The second-order valence-corrected chi connectivity index (χ2v) is 7.16. The van der Waals surface area contributed by atoms with Gasteiger partial charge < -0.3 is 14.4 Å². The topological polar surface area (TPSA) is 40.1 Å². The van der Waals surface area contributed by atoms with Crippen molar-refractivity contribution in [1.29, 1.82) is 0 Å². The highest BCUT2D eigenvalue weighted by molar-refractivity contribution is 5.83. The van der Waals surface area contributed by atoms with E-state index in [4.69, 9.17) is 0 Å². The first-order valence-electron chi connectivity index (χ1n) is 8.51. The van der Waals surface area contributed by atoms with Gasteiger partial charge in [0.1, 0.15) is 0 Å². The largest absolute Gasteiger partial charge is 0.545 e. The molecule has 0 heterocycles. The van der Waals surface area contributed by atoms with Gasteiger partial charge in [-0.1, -0.05) is 44.6 Å². The lowest BCUT2D eigenvalue weighted by Gasteiger charge is -2.23. The van der Waals surface area contributed by atoms with Crippen LogP contribution in [-0.4, -0.2) is 38.1 Å². The molecule has 0 rings (SSSR count). The van der Waals surface area contributed by atoms with Crippen LogP contribution in [0.5, 0.6) is 0 Å². The van der Waals surface area contributed by atoms with Gasteiger partial charge in [0.25, 0.3) is 0 Å². The average molecular weight is 297 g/mol. The van der Waals surface area contributed by atoms with E-state index in [2.05, 4.69) is 21.1 Å². The van der Waals surface area contributed by atoms with Crippen molar-refractivity contribution in [3.05, 3.63) is 11.6 Å². The van der Waals surface area contributed by atoms with Crippen molar-refractivity contribution in [2.75, 3.05) is 27.7 Å². The number of allylic oxidation sites excluding steroid dienone is 1. The molecule has 0 amide bonds. The Bertz CT molecular complexity index is 303. The Hall–Kier alpha value is -0.830. The molecule has 0 unspecified atom stereocenters. The fourth-order valence-electron chi connectivity index (χ4n) is 2.37. The van der Waals surface area contributed by atoms with E-state index < -0.39 is 5.97 Å². The van der Waals surface area contributed by atoms with E-state index in [1.165, 1.54) is 57.9 Å². The monoisotopic (exact) mass is 297 g/mol. The zero-order chi connectivity index (χ0) is 16.1. The van der Waals surface area contributed by atoms with Crippen LogP contribution in [0.1, 0.15) is 71.1 Å². The number of hydrogen-bond acceptors (Lipinski definition) is 2. The Morgan fingerprint density at radius 3 is 1.71 bits per heavy atom. The van der Waals surface area contributed by atoms with Gasteiger partial charge in [0, 0.05) is 0 Å². The number of carbonyl (C=O) groups is 1. The molecule has 0 aliphatic rings. The van der Waals surface area contributed by atoms with Crippen molar-refractivity contribution in [2.24, 2.45) is 0 Å². The van der Waals surface area contributed by atoms with Gasteiger partial charge in [0.2, 0.25) is 0 Å². The summed E-state index contributed by atoms with van der Waals surface area (Å²) >= 11 is 0. The molecule has 0 aromatic rings. The van der Waals surface area contributed by atoms with Crippen LogP contribution in [-0.2, 0) is 4.79 Å². The molecule has 0 aliphatic heterocycles. The number of carboxylic acids is 1. The normalized spacial score (nSPS) is 12.7. The fraction of sp³-hybridized carbons (Fsp3) is 0.833. The highest BCUT2D eigenvalue weighted by Crippen LogP contribution is 2.11. The summed E-state index contributed by atoms with van der Waals surface area (Å²) in [4.78, 5) is 10.5. The third kappa shape index (κ3) is 15.4. The number of unbranched alkanes of at least 4 members (excludes halogenated alkanes) is 9. The van der Waals surface area contributed by atoms with Gasteiger partial charge in [-0.15, -0.1) is 0 Å². The molecule has 3 nitrogen and oxygen atoms in total. The highest BCUT2D eigenvalue weighted by Gasteiger charge is 2.04. The standard InChI is InChI=1S/C18H35NO2/c1-17(18(20)21)15-13-11-9-7-5-6-8-10-12-14-16-19(2,3)4/h15H,5-14,16H2,1-4H3/b17-15+. The quantitative estimate of drug-likeness (QED) is 0.297. The predicted molar refractivity (Wildman–Crippen MR) is 87.8 cm³/mol. The Balaban J connectivity index is 3.23. The van der Waals surface area contributed by atoms with Crippen molar-refractivity contribution in [1.82, 2.24) is 0 Å². The Kier molecular flexibility index (Phi) is 11.3. The first-order valence-corrected chi connectivity index (χ1v) is 8.51. The molecule has 124 valence electrons. The van der Waals surface area contributed by atoms with E-state index in [9.17, 15) is 9.90 Å². The predicted octanol–water partition coefficient (Wildman–Crippen LogP) is 3.29. The van der Waals surface area contributed by atoms with Crippen LogP contribution in [0.15, 0.2) is 11.6 Å². The summed E-state index contributed by atoms with van der Waals surface area (Å²) < 4.78 is 1.08. The summed E-state index contributed by atoms with van der Waals surface area (Å²) in [5, 5.41) is 10.5. The molecule has 0 N–H and O–H groups in total. The summed E-state index contributed by atoms with van der Waals surface area (Å²) in [6.07, 6.45) is 14.3. The maximum atomic E-state index is 10.5. The molecule has 0 aromatic carbocycles. The molecule has 0 fully saturated rings. The smallest absolute Gasteiger partial charge is 0.0780 e. The van der Waals surface area contributed by atoms with Crippen molar-refractivity contribution < 1.29 is 14.4 Å². The van der Waals surface area contributed by atoms with Crippen LogP contribution in [0.2, 0.25) is 0 Å². The lowest BCUT2D eigenvalue weighted by atomic mass is 10.1. The number of carboxylic acid groups (broad SMARTS) is 1. The summed E-state index contributed by atoms with van der Waals surface area (Å²) in [6, 6.07) is 0. The second kappa shape index (κ2) is 11.8. The van der Waals surface area contributed by atoms with Gasteiger partial charge in [0.15, 0.2) is 0 Å². The number of quaternary nitrogens is 1. The summed E-state index contributed by atoms with van der Waals surface area (Å²) in [7, 11) is 6.76. The van der Waals surface area contributed by atoms with Gasteiger partial charge >= 0.3 is 0 Å². The van der Waals surface area contributed by atoms with Gasteiger partial charge in [-0.25, -0.2) is 0 Å². The molecule has 0 spiro atoms. The minimum absolute atomic E-state index is 0.365. The molecule has 3 heteroatoms. The van der Waals surface area contributed by atoms with E-state index in [0.717, 1.165) is 17.3 Å². The maximum Gasteiger partial charge on any atom is 0.0780 e. The first kappa shape index (κ1) is 20.2. The average Bonchev–Trinajstić information content (AvgIpc) is 2.38. The van der Waals surface area contributed by atoms with Crippen LogP contribution >= 0.6 is 0 Å². The molecule has 0 aliphatic carbocycles. The lowest BCUT2D eigenvalue weighted by Crippen LogP contribution is -2.35. The van der Waals surface area contributed by atoms with Crippen LogP contribution in [0.3, 0.4) is 0 Å². The van der Waals surface area contributed by atoms with Crippen LogP contribution < -0.4 is 5.11 Å². The molecule has 0 atom stereocenters. The number of aliphatic carboxylic acids is 1. The van der Waals surface area contributed by atoms with Crippen molar-refractivity contribution in [3.8, 4) is 0 Å². The molecular formula is C18H35NO2. The van der Waals surface area contributed by atoms with Crippen LogP contribution in [0.25, 0.3) is 0 Å². The number of rotatable bonds is 13. The van der Waals surface area contributed by atoms with Crippen LogP contribution in [0.4, 0.5) is 0 Å². The van der Waals surface area contributed by atoms with E-state index in [1.807, 2.05) is 0 Å². The highest BCUT2D eigenvalue weighted by atomic mass is 16.4. The second-order valence-electron chi connectivity index (χ2n) is 7.16. The third-order valence-corrected chi connectivity index (χ3v) is 3.81. The van der Waals surface area contributed by atoms with Crippen molar-refractivity contribution >= 4 is 5.97 Å². The zero-order valence-corrected chi connectivity index (χ0v) is 14.6. The molecule has 0 aromatic heterocycles. The summed E-state index contributed by atoms with van der Waals surface area (Å²) in [5.74, 6) is -1.04. The molecule has 21 heavy (non-hydrogen) atoms. The van der Waals surface area contributed by atoms with Crippen molar-refractivity contribution in [2.45, 2.75) is 71.1 Å². The molecular weight excluding hydrogens is 262 g/mol. The number of hydrogen-bond donors (Lipinski definition) is 0. The number of carbonyl (C=O) groups excluding carboxylic acids is 1. The molecule has 0 saturated heterocycles. The minimum Gasteiger partial charge on any atom is -0.545 e. The van der Waals surface area contributed by atoms with E-state index in [0.29, 0.717) is 5.57 Å². The SMILES string of the molecule is C/C(=C\CCCCCCCCCCC[N+](C)(C)C)C(=O)[O-]. The Morgan fingerprint density at radius 2 is 1.29 bits per heavy atom. The molecule has 0 radical (unpaired) electrons. The molecule has 0 bridgehead atoms. The maximum absolute atomic E-state index is 10.5. The van der Waals surface area contributed by atoms with E-state index >= 15 is 0 Å². The van der Waals surface area contributed by atoms with Crippen molar-refractivity contribution in [3.63, 3.8) is 0 Å². The third-order valence-electron chi connectivity index (χ3n) is 3.81. The Labute approximate surface area is 131 Å². The minimum atomic E-state index is -1.04.